The maximum absolute atomic E-state index is 14.7. The lowest BCUT2D eigenvalue weighted by Crippen LogP contribution is -2.58. The predicted octanol–water partition coefficient (Wildman–Crippen LogP) is 5.69. The first kappa shape index (κ1) is 48.1. The number of ether oxygens (including phenoxy) is 2. The number of aromatic nitrogens is 2. The third-order valence-electron chi connectivity index (χ3n) is 12.1. The van der Waals surface area contributed by atoms with Gasteiger partial charge in [-0.15, -0.1) is 13.2 Å². The number of fused-ring (bicyclic) bond motifs is 1. The Morgan fingerprint density at radius 3 is 2.26 bits per heavy atom. The SMILES string of the molecule is C=CCCNC(=O)c1cccc2c1nc(O[C@@H]1C[C@@H](C(=O)NC[C@]3(C(=O)NS(=O)(=O)C4(CCC=C)CC4)C[C@H]3CC)N(C(=O)[C@@H](NC(=O)OC(C)(C)C)C(C)(C)C)C1)n2C(C)C. The zero-order chi connectivity index (χ0) is 46.0. The Hall–Kier alpha value is -4.93. The molecule has 2 heterocycles. The fourth-order valence-corrected chi connectivity index (χ4v) is 10.0. The largest absolute Gasteiger partial charge is 0.459 e. The summed E-state index contributed by atoms with van der Waals surface area (Å²) in [6.07, 6.45) is 5.18. The number of carbonyl (C=O) groups excluding carboxylic acids is 5. The van der Waals surface area contributed by atoms with Crippen molar-refractivity contribution in [3.05, 3.63) is 49.1 Å². The van der Waals surface area contributed by atoms with Crippen molar-refractivity contribution in [2.45, 2.75) is 148 Å². The predicted molar refractivity (Wildman–Crippen MR) is 237 cm³/mol. The van der Waals surface area contributed by atoms with Crippen LogP contribution < -0.4 is 25.4 Å². The Morgan fingerprint density at radius 1 is 1.02 bits per heavy atom. The summed E-state index contributed by atoms with van der Waals surface area (Å²) in [5.41, 5.74) is -1.38. The lowest BCUT2D eigenvalue weighted by molar-refractivity contribution is -0.142. The van der Waals surface area contributed by atoms with Gasteiger partial charge in [-0.1, -0.05) is 52.3 Å². The minimum atomic E-state index is -3.99. The van der Waals surface area contributed by atoms with Gasteiger partial charge in [-0.3, -0.25) is 28.5 Å². The number of likely N-dealkylation sites (tertiary alicyclic amines) is 1. The molecule has 17 heteroatoms. The van der Waals surface area contributed by atoms with Crippen LogP contribution >= 0.6 is 0 Å². The van der Waals surface area contributed by atoms with E-state index in [1.165, 1.54) is 4.90 Å². The van der Waals surface area contributed by atoms with Crippen LogP contribution in [-0.2, 0) is 29.1 Å². The number of carbonyl (C=O) groups is 5. The van der Waals surface area contributed by atoms with E-state index in [4.69, 9.17) is 14.5 Å². The molecule has 3 aliphatic rings. The second-order valence-corrected chi connectivity index (χ2v) is 21.5. The number of imidazole rings is 1. The summed E-state index contributed by atoms with van der Waals surface area (Å²) < 4.78 is 42.3. The van der Waals surface area contributed by atoms with Crippen LogP contribution in [0.25, 0.3) is 11.0 Å². The summed E-state index contributed by atoms with van der Waals surface area (Å²) in [4.78, 5) is 75.6. The highest BCUT2D eigenvalue weighted by molar-refractivity contribution is 7.91. The number of hydrogen-bond acceptors (Lipinski definition) is 10. The van der Waals surface area contributed by atoms with Crippen molar-refractivity contribution in [1.82, 2.24) is 35.1 Å². The smallest absolute Gasteiger partial charge is 0.408 e. The first-order chi connectivity index (χ1) is 28.9. The van der Waals surface area contributed by atoms with E-state index in [0.29, 0.717) is 68.1 Å². The van der Waals surface area contributed by atoms with Crippen molar-refractivity contribution in [3.63, 3.8) is 0 Å². The van der Waals surface area contributed by atoms with Crippen molar-refractivity contribution in [2.75, 3.05) is 19.6 Å². The van der Waals surface area contributed by atoms with Crippen LogP contribution in [0.4, 0.5) is 4.79 Å². The number of nitrogens with one attached hydrogen (secondary N) is 4. The molecular weight excluding hydrogens is 815 g/mol. The molecule has 1 saturated heterocycles. The average molecular weight is 882 g/mol. The van der Waals surface area contributed by atoms with E-state index < -0.39 is 73.2 Å². The van der Waals surface area contributed by atoms with Crippen LogP contribution in [0.2, 0.25) is 0 Å². The number of hydrogen-bond donors (Lipinski definition) is 4. The van der Waals surface area contributed by atoms with Gasteiger partial charge in [0.05, 0.1) is 27.8 Å². The van der Waals surface area contributed by atoms with Crippen molar-refractivity contribution in [1.29, 1.82) is 0 Å². The molecular formula is C45H67N7O9S. The minimum Gasteiger partial charge on any atom is -0.459 e. The van der Waals surface area contributed by atoms with E-state index in [1.54, 1.807) is 65.8 Å². The molecule has 1 aliphatic heterocycles. The van der Waals surface area contributed by atoms with Gasteiger partial charge in [0.1, 0.15) is 29.3 Å². The van der Waals surface area contributed by atoms with Gasteiger partial charge in [-0.05, 0) is 96.6 Å². The molecule has 3 fully saturated rings. The molecule has 5 amide bonds. The van der Waals surface area contributed by atoms with E-state index in [0.717, 1.165) is 0 Å². The van der Waals surface area contributed by atoms with Gasteiger partial charge in [-0.25, -0.2) is 13.2 Å². The van der Waals surface area contributed by atoms with E-state index in [-0.39, 0.29) is 43.4 Å². The van der Waals surface area contributed by atoms with Gasteiger partial charge in [0, 0.05) is 25.6 Å². The summed E-state index contributed by atoms with van der Waals surface area (Å²) in [5, 5.41) is 8.54. The fraction of sp³-hybridized carbons (Fsp3) is 0.644. The molecule has 2 saturated carbocycles. The second kappa shape index (κ2) is 18.4. The minimum absolute atomic E-state index is 0.0215. The first-order valence-electron chi connectivity index (χ1n) is 21.8. The van der Waals surface area contributed by atoms with Crippen molar-refractivity contribution in [3.8, 4) is 6.01 Å². The molecule has 0 spiro atoms. The standard InChI is InChI=1S/C45H67N7O9S/c1-12-15-20-44(21-22-44)62(58,59)50-39(56)45(25-29(45)14-3)27-47-37(54)33-24-30(26-51(33)38(55)35(42(6,7)8)49-41(57)61-43(9,10)11)60-40-48-34-31(36(53)46-23-16-13-2)18-17-19-32(34)52(40)28(4)5/h12-13,17-19,28-30,33,35H,1-2,14-16,20-27H2,3-11H3,(H,46,53)(H,47,54)(H,49,57)(H,50,56)/t29-,30-,33+,35-,45-/m1/s1. The number of sulfonamides is 1. The van der Waals surface area contributed by atoms with Crippen LogP contribution in [0.5, 0.6) is 6.01 Å². The highest BCUT2D eigenvalue weighted by Crippen LogP contribution is 2.55. The second-order valence-electron chi connectivity index (χ2n) is 19.4. The molecule has 62 heavy (non-hydrogen) atoms. The van der Waals surface area contributed by atoms with E-state index in [1.807, 2.05) is 31.4 Å². The Morgan fingerprint density at radius 2 is 1.69 bits per heavy atom. The maximum atomic E-state index is 14.7. The lowest BCUT2D eigenvalue weighted by Gasteiger charge is -2.35. The topological polar surface area (TPSA) is 207 Å². The zero-order valence-corrected chi connectivity index (χ0v) is 38.7. The van der Waals surface area contributed by atoms with Crippen LogP contribution in [0.1, 0.15) is 130 Å². The normalized spacial score (nSPS) is 22.4. The summed E-state index contributed by atoms with van der Waals surface area (Å²) in [6.45, 7) is 23.9. The fourth-order valence-electron chi connectivity index (χ4n) is 8.35. The summed E-state index contributed by atoms with van der Waals surface area (Å²) in [6, 6.07) is 3.10. The van der Waals surface area contributed by atoms with Gasteiger partial charge in [0.2, 0.25) is 27.7 Å². The Labute approximate surface area is 366 Å². The summed E-state index contributed by atoms with van der Waals surface area (Å²) >= 11 is 0. The maximum Gasteiger partial charge on any atom is 0.408 e. The van der Waals surface area contributed by atoms with Crippen LogP contribution in [0.3, 0.4) is 0 Å². The van der Waals surface area contributed by atoms with E-state index in [2.05, 4.69) is 33.8 Å². The highest BCUT2D eigenvalue weighted by Gasteiger charge is 2.62. The van der Waals surface area contributed by atoms with Gasteiger partial charge in [0.25, 0.3) is 11.9 Å². The van der Waals surface area contributed by atoms with Crippen LogP contribution in [0, 0.1) is 16.7 Å². The summed E-state index contributed by atoms with van der Waals surface area (Å²) in [5.74, 6) is -2.23. The number of benzene rings is 1. The molecule has 4 N–H and O–H groups in total. The van der Waals surface area contributed by atoms with Gasteiger partial charge in [-0.2, -0.15) is 4.98 Å². The molecule has 2 aliphatic carbocycles. The molecule has 0 unspecified atom stereocenters. The van der Waals surface area contributed by atoms with E-state index >= 15 is 0 Å². The number of rotatable bonds is 19. The van der Waals surface area contributed by atoms with E-state index in [9.17, 15) is 32.4 Å². The van der Waals surface area contributed by atoms with Gasteiger partial charge < -0.3 is 30.3 Å². The molecule has 1 aromatic carbocycles. The Balaban J connectivity index is 1.44. The molecule has 2 aromatic rings. The molecule has 5 atom stereocenters. The Bertz CT molecular complexity index is 2170. The number of alkyl carbamates (subject to hydrolysis) is 1. The van der Waals surface area contributed by atoms with Crippen LogP contribution in [-0.4, -0.2) is 101 Å². The molecule has 0 bridgehead atoms. The Kier molecular flexibility index (Phi) is 14.3. The van der Waals surface area contributed by atoms with Gasteiger partial charge >= 0.3 is 6.09 Å². The zero-order valence-electron chi connectivity index (χ0n) is 37.9. The monoisotopic (exact) mass is 881 g/mol. The number of allylic oxidation sites excluding steroid dienone is 1. The molecule has 342 valence electrons. The third kappa shape index (κ3) is 10.5. The highest BCUT2D eigenvalue weighted by atomic mass is 32.2. The average Bonchev–Trinajstić information content (AvgIpc) is 4.05. The molecule has 0 radical (unpaired) electrons. The number of amides is 5. The molecule has 16 nitrogen and oxygen atoms in total. The van der Waals surface area contributed by atoms with Crippen molar-refractivity contribution < 1.29 is 41.9 Å². The quantitative estimate of drug-likeness (QED) is 0.100. The summed E-state index contributed by atoms with van der Waals surface area (Å²) in [7, 11) is -3.99. The number of nitrogens with zero attached hydrogens (tertiary/aromatic N) is 3. The van der Waals surface area contributed by atoms with Crippen molar-refractivity contribution >= 4 is 50.8 Å². The third-order valence-corrected chi connectivity index (χ3v) is 14.3. The van der Waals surface area contributed by atoms with Crippen molar-refractivity contribution in [2.24, 2.45) is 16.7 Å². The molecule has 1 aromatic heterocycles. The first-order valence-corrected chi connectivity index (χ1v) is 23.2. The van der Waals surface area contributed by atoms with Gasteiger partial charge in [0.15, 0.2) is 0 Å². The molecule has 5 rings (SSSR count). The lowest BCUT2D eigenvalue weighted by atomic mass is 9.85. The van der Waals surface area contributed by atoms with Crippen LogP contribution in [0.15, 0.2) is 43.5 Å². The number of para-hydroxylation sites is 1.